The highest BCUT2D eigenvalue weighted by molar-refractivity contribution is 5.94. The number of benzene rings is 1. The molecule has 0 saturated heterocycles. The Morgan fingerprint density at radius 1 is 1.32 bits per heavy atom. The molecule has 4 nitrogen and oxygen atoms in total. The van der Waals surface area contributed by atoms with E-state index in [1.165, 1.54) is 0 Å². The molecule has 1 fully saturated rings. The Kier molecular flexibility index (Phi) is 4.80. The number of carbonyl (C=O) groups is 1. The van der Waals surface area contributed by atoms with Crippen LogP contribution in [0, 0.1) is 0 Å². The summed E-state index contributed by atoms with van der Waals surface area (Å²) in [5.74, 6) is 0.630. The van der Waals surface area contributed by atoms with E-state index in [0.717, 1.165) is 31.4 Å². The van der Waals surface area contributed by atoms with Crippen molar-refractivity contribution in [3.63, 3.8) is 0 Å². The lowest BCUT2D eigenvalue weighted by Crippen LogP contribution is -2.45. The molecule has 0 heterocycles. The van der Waals surface area contributed by atoms with Crippen molar-refractivity contribution in [1.29, 1.82) is 0 Å². The van der Waals surface area contributed by atoms with Gasteiger partial charge < -0.3 is 15.2 Å². The van der Waals surface area contributed by atoms with Crippen molar-refractivity contribution in [2.45, 2.75) is 44.8 Å². The number of nitrogens with one attached hydrogen (secondary N) is 1. The van der Waals surface area contributed by atoms with E-state index in [0.29, 0.717) is 12.2 Å². The largest absolute Gasteiger partial charge is 0.494 e. The van der Waals surface area contributed by atoms with Gasteiger partial charge in [0.1, 0.15) is 5.75 Å². The number of carbonyl (C=O) groups excluding carboxylic acids is 1. The zero-order valence-electron chi connectivity index (χ0n) is 11.3. The molecular weight excluding hydrogens is 242 g/mol. The van der Waals surface area contributed by atoms with Crippen molar-refractivity contribution in [2.75, 3.05) is 6.61 Å². The SMILES string of the molecule is CCOc1ccc(C(=O)N[C@@H]2CCCC[C@H]2O)cc1. The van der Waals surface area contributed by atoms with E-state index >= 15 is 0 Å². The van der Waals surface area contributed by atoms with E-state index in [-0.39, 0.29) is 11.9 Å². The van der Waals surface area contributed by atoms with E-state index in [9.17, 15) is 9.90 Å². The Morgan fingerprint density at radius 3 is 2.63 bits per heavy atom. The summed E-state index contributed by atoms with van der Waals surface area (Å²) in [5, 5.41) is 12.8. The van der Waals surface area contributed by atoms with E-state index in [1.807, 2.05) is 6.92 Å². The summed E-state index contributed by atoms with van der Waals surface area (Å²) in [4.78, 5) is 12.1. The molecule has 0 radical (unpaired) electrons. The molecule has 1 aliphatic rings. The summed E-state index contributed by atoms with van der Waals surface area (Å²) in [7, 11) is 0. The first-order valence-corrected chi connectivity index (χ1v) is 6.92. The normalized spacial score (nSPS) is 22.8. The van der Waals surface area contributed by atoms with Crippen LogP contribution in [0.3, 0.4) is 0 Å². The maximum atomic E-state index is 12.1. The zero-order valence-corrected chi connectivity index (χ0v) is 11.3. The fourth-order valence-electron chi connectivity index (χ4n) is 2.40. The van der Waals surface area contributed by atoms with Gasteiger partial charge in [-0.1, -0.05) is 12.8 Å². The molecule has 1 aromatic rings. The summed E-state index contributed by atoms with van der Waals surface area (Å²) in [6, 6.07) is 6.95. The number of amides is 1. The Balaban J connectivity index is 1.95. The van der Waals surface area contributed by atoms with Gasteiger partial charge in [0.2, 0.25) is 0 Å². The molecule has 0 unspecified atom stereocenters. The van der Waals surface area contributed by atoms with Gasteiger partial charge >= 0.3 is 0 Å². The third-order valence-electron chi connectivity index (χ3n) is 3.47. The van der Waals surface area contributed by atoms with Gasteiger partial charge in [-0.25, -0.2) is 0 Å². The zero-order chi connectivity index (χ0) is 13.7. The van der Waals surface area contributed by atoms with Crippen molar-refractivity contribution in [3.05, 3.63) is 29.8 Å². The van der Waals surface area contributed by atoms with Crippen LogP contribution in [0.5, 0.6) is 5.75 Å². The topological polar surface area (TPSA) is 58.6 Å². The predicted octanol–water partition coefficient (Wildman–Crippen LogP) is 2.12. The lowest BCUT2D eigenvalue weighted by molar-refractivity contribution is 0.0717. The van der Waals surface area contributed by atoms with Crippen LogP contribution in [0.15, 0.2) is 24.3 Å². The lowest BCUT2D eigenvalue weighted by atomic mass is 9.92. The second-order valence-electron chi connectivity index (χ2n) is 4.89. The average molecular weight is 263 g/mol. The van der Waals surface area contributed by atoms with E-state index in [2.05, 4.69) is 5.32 Å². The van der Waals surface area contributed by atoms with Gasteiger partial charge in [-0.2, -0.15) is 0 Å². The Labute approximate surface area is 113 Å². The first kappa shape index (κ1) is 13.9. The fraction of sp³-hybridized carbons (Fsp3) is 0.533. The molecule has 1 aromatic carbocycles. The van der Waals surface area contributed by atoms with Gasteiger partial charge in [0, 0.05) is 5.56 Å². The molecule has 0 aliphatic heterocycles. The van der Waals surface area contributed by atoms with Crippen LogP contribution < -0.4 is 10.1 Å². The molecule has 2 atom stereocenters. The van der Waals surface area contributed by atoms with Gasteiger partial charge in [0.25, 0.3) is 5.91 Å². The number of rotatable bonds is 4. The Morgan fingerprint density at radius 2 is 2.00 bits per heavy atom. The van der Waals surface area contributed by atoms with Crippen LogP contribution in [-0.2, 0) is 0 Å². The average Bonchev–Trinajstić information content (AvgIpc) is 2.42. The minimum Gasteiger partial charge on any atom is -0.494 e. The highest BCUT2D eigenvalue weighted by Crippen LogP contribution is 2.19. The fourth-order valence-corrected chi connectivity index (χ4v) is 2.40. The smallest absolute Gasteiger partial charge is 0.251 e. The minimum atomic E-state index is -0.416. The van der Waals surface area contributed by atoms with Gasteiger partial charge in [0.15, 0.2) is 0 Å². The van der Waals surface area contributed by atoms with Gasteiger partial charge in [-0.3, -0.25) is 4.79 Å². The van der Waals surface area contributed by atoms with Gasteiger partial charge in [-0.05, 0) is 44.0 Å². The monoisotopic (exact) mass is 263 g/mol. The van der Waals surface area contributed by atoms with E-state index in [4.69, 9.17) is 4.74 Å². The highest BCUT2D eigenvalue weighted by Gasteiger charge is 2.24. The molecule has 1 saturated carbocycles. The minimum absolute atomic E-state index is 0.118. The molecule has 1 aliphatic carbocycles. The number of hydrogen-bond donors (Lipinski definition) is 2. The van der Waals surface area contributed by atoms with Crippen LogP contribution in [0.1, 0.15) is 43.0 Å². The quantitative estimate of drug-likeness (QED) is 0.874. The van der Waals surface area contributed by atoms with Crippen LogP contribution >= 0.6 is 0 Å². The first-order valence-electron chi connectivity index (χ1n) is 6.92. The summed E-state index contributed by atoms with van der Waals surface area (Å²) in [5.41, 5.74) is 0.598. The molecular formula is C15H21NO3. The van der Waals surface area contributed by atoms with Crippen molar-refractivity contribution in [3.8, 4) is 5.75 Å². The number of ether oxygens (including phenoxy) is 1. The summed E-state index contributed by atoms with van der Waals surface area (Å²) in [6.45, 7) is 2.53. The molecule has 4 heteroatoms. The second kappa shape index (κ2) is 6.57. The standard InChI is InChI=1S/C15H21NO3/c1-2-19-12-9-7-11(8-10-12)15(18)16-13-5-3-4-6-14(13)17/h7-10,13-14,17H,2-6H2,1H3,(H,16,18)/t13-,14-/m1/s1. The van der Waals surface area contributed by atoms with Crippen molar-refractivity contribution in [1.82, 2.24) is 5.32 Å². The van der Waals surface area contributed by atoms with Crippen LogP contribution in [0.25, 0.3) is 0 Å². The molecule has 0 bridgehead atoms. The third-order valence-corrected chi connectivity index (χ3v) is 3.47. The van der Waals surface area contributed by atoms with Crippen LogP contribution in [0.2, 0.25) is 0 Å². The molecule has 2 N–H and O–H groups in total. The second-order valence-corrected chi connectivity index (χ2v) is 4.89. The lowest BCUT2D eigenvalue weighted by Gasteiger charge is -2.28. The van der Waals surface area contributed by atoms with Crippen molar-refractivity contribution in [2.24, 2.45) is 0 Å². The third kappa shape index (κ3) is 3.70. The number of aliphatic hydroxyl groups is 1. The summed E-state index contributed by atoms with van der Waals surface area (Å²) in [6.07, 6.45) is 3.31. The van der Waals surface area contributed by atoms with Crippen molar-refractivity contribution >= 4 is 5.91 Å². The Bertz CT molecular complexity index is 416. The molecule has 2 rings (SSSR count). The van der Waals surface area contributed by atoms with Gasteiger partial charge in [-0.15, -0.1) is 0 Å². The summed E-state index contributed by atoms with van der Waals surface area (Å²) >= 11 is 0. The van der Waals surface area contributed by atoms with E-state index in [1.54, 1.807) is 24.3 Å². The van der Waals surface area contributed by atoms with Crippen LogP contribution in [-0.4, -0.2) is 29.8 Å². The molecule has 19 heavy (non-hydrogen) atoms. The highest BCUT2D eigenvalue weighted by atomic mass is 16.5. The maximum absolute atomic E-state index is 12.1. The first-order chi connectivity index (χ1) is 9.20. The molecule has 1 amide bonds. The van der Waals surface area contributed by atoms with Crippen molar-refractivity contribution < 1.29 is 14.6 Å². The molecule has 104 valence electrons. The van der Waals surface area contributed by atoms with E-state index < -0.39 is 6.10 Å². The predicted molar refractivity (Wildman–Crippen MR) is 73.3 cm³/mol. The number of aliphatic hydroxyl groups excluding tert-OH is 1. The van der Waals surface area contributed by atoms with Gasteiger partial charge in [0.05, 0.1) is 18.8 Å². The number of hydrogen-bond acceptors (Lipinski definition) is 3. The maximum Gasteiger partial charge on any atom is 0.251 e. The van der Waals surface area contributed by atoms with Crippen LogP contribution in [0.4, 0.5) is 0 Å². The molecule has 0 aromatic heterocycles. The Hall–Kier alpha value is -1.55. The summed E-state index contributed by atoms with van der Waals surface area (Å²) < 4.78 is 5.34. The molecule has 0 spiro atoms.